The largest absolute Gasteiger partial charge is 0.313 e. The number of benzene rings is 1. The molecule has 1 aromatic carbocycles. The van der Waals surface area contributed by atoms with Crippen LogP contribution in [0.15, 0.2) is 29.2 Å². The molecule has 1 fully saturated rings. The molecule has 1 aliphatic rings. The van der Waals surface area contributed by atoms with Crippen LogP contribution in [0.4, 0.5) is 0 Å². The van der Waals surface area contributed by atoms with Gasteiger partial charge < -0.3 is 5.32 Å². The predicted molar refractivity (Wildman–Crippen MR) is 72.0 cm³/mol. The molecule has 1 aliphatic heterocycles. The van der Waals surface area contributed by atoms with Crippen molar-refractivity contribution >= 4 is 10.0 Å². The Morgan fingerprint density at radius 3 is 2.56 bits per heavy atom. The zero-order valence-corrected chi connectivity index (χ0v) is 11.7. The summed E-state index contributed by atoms with van der Waals surface area (Å²) in [7, 11) is -1.70. The van der Waals surface area contributed by atoms with Crippen molar-refractivity contribution in [3.05, 3.63) is 29.8 Å². The van der Waals surface area contributed by atoms with Gasteiger partial charge >= 0.3 is 0 Å². The van der Waals surface area contributed by atoms with Crippen LogP contribution in [0.5, 0.6) is 0 Å². The molecule has 0 saturated carbocycles. The van der Waals surface area contributed by atoms with Gasteiger partial charge in [-0.05, 0) is 38.4 Å². The lowest BCUT2D eigenvalue weighted by Crippen LogP contribution is -2.38. The van der Waals surface area contributed by atoms with Crippen LogP contribution in [0.2, 0.25) is 0 Å². The van der Waals surface area contributed by atoms with Crippen LogP contribution in [0.25, 0.3) is 0 Å². The van der Waals surface area contributed by atoms with E-state index in [9.17, 15) is 8.42 Å². The van der Waals surface area contributed by atoms with Crippen molar-refractivity contribution in [2.45, 2.75) is 30.7 Å². The molecule has 1 unspecified atom stereocenters. The number of nitrogens with one attached hydrogen (secondary N) is 1. The quantitative estimate of drug-likeness (QED) is 0.897. The molecule has 0 spiro atoms. The first kappa shape index (κ1) is 13.5. The summed E-state index contributed by atoms with van der Waals surface area (Å²) in [6.45, 7) is 3.47. The zero-order valence-electron chi connectivity index (χ0n) is 10.9. The fraction of sp³-hybridized carbons (Fsp3) is 0.538. The van der Waals surface area contributed by atoms with Crippen molar-refractivity contribution in [3.63, 3.8) is 0 Å². The lowest BCUT2D eigenvalue weighted by atomic mass is 10.2. The highest BCUT2D eigenvalue weighted by Gasteiger charge is 2.24. The number of hydrogen-bond donors (Lipinski definition) is 1. The minimum atomic E-state index is -3.35. The number of aryl methyl sites for hydroxylation is 1. The molecule has 4 nitrogen and oxygen atoms in total. The van der Waals surface area contributed by atoms with Gasteiger partial charge in [0.2, 0.25) is 10.0 Å². The maximum atomic E-state index is 12.3. The third-order valence-corrected chi connectivity index (χ3v) is 5.21. The second kappa shape index (κ2) is 5.38. The smallest absolute Gasteiger partial charge is 0.242 e. The van der Waals surface area contributed by atoms with Crippen molar-refractivity contribution in [1.29, 1.82) is 0 Å². The third kappa shape index (κ3) is 2.91. The maximum absolute atomic E-state index is 12.3. The second-order valence-corrected chi connectivity index (χ2v) is 6.94. The molecule has 100 valence electrons. The maximum Gasteiger partial charge on any atom is 0.242 e. The molecule has 18 heavy (non-hydrogen) atoms. The lowest BCUT2D eigenvalue weighted by Gasteiger charge is -2.21. The SMILES string of the molecule is Cc1ccc(S(=O)(=O)N(C)CC2CCCN2)cc1. The molecule has 5 heteroatoms. The van der Waals surface area contributed by atoms with Crippen LogP contribution in [-0.2, 0) is 10.0 Å². The lowest BCUT2D eigenvalue weighted by molar-refractivity contribution is 0.417. The van der Waals surface area contributed by atoms with E-state index in [1.165, 1.54) is 4.31 Å². The van der Waals surface area contributed by atoms with Gasteiger partial charge in [0.15, 0.2) is 0 Å². The topological polar surface area (TPSA) is 49.4 Å². The molecule has 1 heterocycles. The molecule has 0 radical (unpaired) electrons. The summed E-state index contributed by atoms with van der Waals surface area (Å²) in [5.74, 6) is 0. The Hall–Kier alpha value is -0.910. The summed E-state index contributed by atoms with van der Waals surface area (Å²) in [6, 6.07) is 7.28. The van der Waals surface area contributed by atoms with E-state index in [1.807, 2.05) is 19.1 Å². The zero-order chi connectivity index (χ0) is 13.2. The fourth-order valence-corrected chi connectivity index (χ4v) is 3.43. The summed E-state index contributed by atoms with van der Waals surface area (Å²) < 4.78 is 26.1. The van der Waals surface area contributed by atoms with Gasteiger partial charge in [0.05, 0.1) is 4.90 Å². The second-order valence-electron chi connectivity index (χ2n) is 4.89. The van der Waals surface area contributed by atoms with Gasteiger partial charge in [0.25, 0.3) is 0 Å². The Labute approximate surface area is 109 Å². The van der Waals surface area contributed by atoms with E-state index >= 15 is 0 Å². The van der Waals surface area contributed by atoms with Gasteiger partial charge in [-0.15, -0.1) is 0 Å². The van der Waals surface area contributed by atoms with Crippen molar-refractivity contribution in [2.24, 2.45) is 0 Å². The molecule has 0 aromatic heterocycles. The Kier molecular flexibility index (Phi) is 4.04. The number of nitrogens with zero attached hydrogens (tertiary/aromatic N) is 1. The van der Waals surface area contributed by atoms with Crippen molar-refractivity contribution in [2.75, 3.05) is 20.1 Å². The van der Waals surface area contributed by atoms with E-state index in [-0.39, 0.29) is 6.04 Å². The van der Waals surface area contributed by atoms with Gasteiger partial charge in [0, 0.05) is 19.6 Å². The minimum absolute atomic E-state index is 0.287. The van der Waals surface area contributed by atoms with Crippen LogP contribution in [-0.4, -0.2) is 38.9 Å². The van der Waals surface area contributed by atoms with Crippen LogP contribution in [0, 0.1) is 6.92 Å². The Morgan fingerprint density at radius 1 is 1.33 bits per heavy atom. The summed E-state index contributed by atoms with van der Waals surface area (Å²) in [5, 5.41) is 3.31. The molecule has 1 aromatic rings. The monoisotopic (exact) mass is 268 g/mol. The minimum Gasteiger partial charge on any atom is -0.313 e. The Balaban J connectivity index is 2.11. The Bertz CT molecular complexity index is 490. The molecular weight excluding hydrogens is 248 g/mol. The van der Waals surface area contributed by atoms with E-state index in [2.05, 4.69) is 5.32 Å². The first-order valence-electron chi connectivity index (χ1n) is 6.26. The average molecular weight is 268 g/mol. The van der Waals surface area contributed by atoms with E-state index in [0.29, 0.717) is 11.4 Å². The van der Waals surface area contributed by atoms with Crippen LogP contribution in [0.1, 0.15) is 18.4 Å². The van der Waals surface area contributed by atoms with Gasteiger partial charge in [-0.2, -0.15) is 4.31 Å². The van der Waals surface area contributed by atoms with Crippen molar-refractivity contribution < 1.29 is 8.42 Å². The van der Waals surface area contributed by atoms with Gasteiger partial charge in [0.1, 0.15) is 0 Å². The number of sulfonamides is 1. The van der Waals surface area contributed by atoms with Gasteiger partial charge in [-0.3, -0.25) is 0 Å². The number of hydrogen-bond acceptors (Lipinski definition) is 3. The average Bonchev–Trinajstić information content (AvgIpc) is 2.82. The Morgan fingerprint density at radius 2 is 2.00 bits per heavy atom. The molecule has 0 bridgehead atoms. The fourth-order valence-electron chi connectivity index (χ4n) is 2.21. The van der Waals surface area contributed by atoms with Gasteiger partial charge in [-0.25, -0.2) is 8.42 Å². The highest BCUT2D eigenvalue weighted by atomic mass is 32.2. The molecule has 2 rings (SSSR count). The highest BCUT2D eigenvalue weighted by Crippen LogP contribution is 2.16. The number of rotatable bonds is 4. The highest BCUT2D eigenvalue weighted by molar-refractivity contribution is 7.89. The molecule has 0 amide bonds. The normalized spacial score (nSPS) is 20.5. The van der Waals surface area contributed by atoms with E-state index in [0.717, 1.165) is 24.9 Å². The van der Waals surface area contributed by atoms with Crippen LogP contribution in [0.3, 0.4) is 0 Å². The summed E-state index contributed by atoms with van der Waals surface area (Å²) in [5.41, 5.74) is 1.06. The molecule has 1 N–H and O–H groups in total. The first-order valence-corrected chi connectivity index (χ1v) is 7.70. The van der Waals surface area contributed by atoms with Gasteiger partial charge in [-0.1, -0.05) is 17.7 Å². The van der Waals surface area contributed by atoms with E-state index in [1.54, 1.807) is 19.2 Å². The molecule has 1 atom stereocenters. The van der Waals surface area contributed by atoms with Crippen molar-refractivity contribution in [3.8, 4) is 0 Å². The summed E-state index contributed by atoms with van der Waals surface area (Å²) >= 11 is 0. The van der Waals surface area contributed by atoms with E-state index < -0.39 is 10.0 Å². The molecular formula is C13H20N2O2S. The number of likely N-dealkylation sites (N-methyl/N-ethyl adjacent to an activating group) is 1. The summed E-state index contributed by atoms with van der Waals surface area (Å²) in [6.07, 6.45) is 2.18. The standard InChI is InChI=1S/C13H20N2O2S/c1-11-5-7-13(8-6-11)18(16,17)15(2)10-12-4-3-9-14-12/h5-8,12,14H,3-4,9-10H2,1-2H3. The summed E-state index contributed by atoms with van der Waals surface area (Å²) in [4.78, 5) is 0.369. The molecule has 1 saturated heterocycles. The van der Waals surface area contributed by atoms with Crippen LogP contribution >= 0.6 is 0 Å². The first-order chi connectivity index (χ1) is 8.50. The third-order valence-electron chi connectivity index (χ3n) is 3.37. The van der Waals surface area contributed by atoms with Crippen LogP contribution < -0.4 is 5.32 Å². The van der Waals surface area contributed by atoms with E-state index in [4.69, 9.17) is 0 Å². The predicted octanol–water partition coefficient (Wildman–Crippen LogP) is 1.37. The molecule has 0 aliphatic carbocycles. The van der Waals surface area contributed by atoms with Crippen molar-refractivity contribution in [1.82, 2.24) is 9.62 Å².